The summed E-state index contributed by atoms with van der Waals surface area (Å²) in [4.78, 5) is 43.4. The maximum atomic E-state index is 13.8. The average molecular weight is 526 g/mol. The van der Waals surface area contributed by atoms with Gasteiger partial charge in [-0.1, -0.05) is 60.5 Å². The van der Waals surface area contributed by atoms with E-state index >= 15 is 0 Å². The summed E-state index contributed by atoms with van der Waals surface area (Å²) < 4.78 is 0. The van der Waals surface area contributed by atoms with Gasteiger partial charge in [-0.2, -0.15) is 0 Å². The Bertz CT molecular complexity index is 1340. The number of anilines is 1. The molecule has 36 heavy (non-hydrogen) atoms. The van der Waals surface area contributed by atoms with Crippen LogP contribution in [0, 0.1) is 0 Å². The minimum Gasteiger partial charge on any atom is -0.350 e. The van der Waals surface area contributed by atoms with Crippen molar-refractivity contribution in [3.05, 3.63) is 75.8 Å². The smallest absolute Gasteiger partial charge is 0.259 e. The van der Waals surface area contributed by atoms with Crippen LogP contribution in [0.5, 0.6) is 0 Å². The van der Waals surface area contributed by atoms with E-state index in [-0.39, 0.29) is 30.8 Å². The van der Waals surface area contributed by atoms with E-state index in [0.29, 0.717) is 27.7 Å². The molecule has 1 atom stereocenters. The second-order valence-corrected chi connectivity index (χ2v) is 10.8. The third kappa shape index (κ3) is 5.20. The number of benzene rings is 3. The standard InChI is InChI=1S/C28H29Cl2N3O3/c1-5-22(26(35)31-28(2,3)4)32(15-17-12-13-20(29)21(30)14-17)24(34)16-33-23-11-7-9-18-8-6-10-19(25(18)23)27(33)36/h6-14,22H,5,15-16H2,1-4H3,(H,31,35)/t22-/m1/s1. The number of amides is 3. The Morgan fingerprint density at radius 2 is 1.72 bits per heavy atom. The monoisotopic (exact) mass is 525 g/mol. The Morgan fingerprint density at radius 1 is 1.03 bits per heavy atom. The number of carbonyl (C=O) groups is 3. The molecule has 3 aromatic rings. The normalized spacial score (nSPS) is 13.7. The van der Waals surface area contributed by atoms with Crippen LogP contribution in [-0.4, -0.2) is 40.7 Å². The van der Waals surface area contributed by atoms with E-state index in [1.165, 1.54) is 9.80 Å². The van der Waals surface area contributed by atoms with Crippen molar-refractivity contribution in [2.75, 3.05) is 11.4 Å². The zero-order valence-corrected chi connectivity index (χ0v) is 22.3. The summed E-state index contributed by atoms with van der Waals surface area (Å²) in [6, 6.07) is 15.6. The van der Waals surface area contributed by atoms with Crippen LogP contribution in [0.2, 0.25) is 10.0 Å². The lowest BCUT2D eigenvalue weighted by Gasteiger charge is -2.34. The molecular weight excluding hydrogens is 497 g/mol. The first-order valence-electron chi connectivity index (χ1n) is 11.9. The Kier molecular flexibility index (Phi) is 7.30. The number of nitrogens with zero attached hydrogens (tertiary/aromatic N) is 2. The van der Waals surface area contributed by atoms with E-state index in [2.05, 4.69) is 5.32 Å². The van der Waals surface area contributed by atoms with Gasteiger partial charge in [-0.05, 0) is 62.4 Å². The number of hydrogen-bond donors (Lipinski definition) is 1. The molecule has 3 aromatic carbocycles. The van der Waals surface area contributed by atoms with Crippen LogP contribution in [-0.2, 0) is 16.1 Å². The minimum atomic E-state index is -0.734. The first-order valence-corrected chi connectivity index (χ1v) is 12.6. The molecule has 0 radical (unpaired) electrons. The minimum absolute atomic E-state index is 0.144. The fourth-order valence-corrected chi connectivity index (χ4v) is 4.89. The molecule has 4 rings (SSSR count). The molecule has 1 aliphatic rings. The van der Waals surface area contributed by atoms with E-state index in [1.807, 2.05) is 58.0 Å². The number of rotatable bonds is 7. The van der Waals surface area contributed by atoms with Gasteiger partial charge in [0.2, 0.25) is 11.8 Å². The highest BCUT2D eigenvalue weighted by molar-refractivity contribution is 6.42. The van der Waals surface area contributed by atoms with Crippen molar-refractivity contribution in [1.29, 1.82) is 0 Å². The van der Waals surface area contributed by atoms with Gasteiger partial charge in [0.25, 0.3) is 5.91 Å². The highest BCUT2D eigenvalue weighted by atomic mass is 35.5. The predicted octanol–water partition coefficient (Wildman–Crippen LogP) is 5.83. The number of carbonyl (C=O) groups excluding carboxylic acids is 3. The molecule has 3 amide bonds. The summed E-state index contributed by atoms with van der Waals surface area (Å²) in [5.41, 5.74) is 1.54. The molecule has 0 unspecified atom stereocenters. The molecule has 1 N–H and O–H groups in total. The summed E-state index contributed by atoms with van der Waals surface area (Å²) >= 11 is 12.3. The van der Waals surface area contributed by atoms with Crippen molar-refractivity contribution in [2.45, 2.75) is 52.2 Å². The number of halogens is 2. The molecule has 0 spiro atoms. The van der Waals surface area contributed by atoms with Crippen molar-refractivity contribution < 1.29 is 14.4 Å². The van der Waals surface area contributed by atoms with Gasteiger partial charge < -0.3 is 10.2 Å². The van der Waals surface area contributed by atoms with Crippen molar-refractivity contribution in [2.24, 2.45) is 0 Å². The summed E-state index contributed by atoms with van der Waals surface area (Å²) in [5, 5.41) is 5.54. The highest BCUT2D eigenvalue weighted by Gasteiger charge is 2.35. The first-order chi connectivity index (χ1) is 17.0. The first kappa shape index (κ1) is 26.0. The molecule has 0 fully saturated rings. The molecule has 0 saturated carbocycles. The second-order valence-electron chi connectivity index (χ2n) is 10.0. The van der Waals surface area contributed by atoms with Gasteiger partial charge in [0.05, 0.1) is 15.7 Å². The summed E-state index contributed by atoms with van der Waals surface area (Å²) in [5.74, 6) is -0.816. The molecule has 0 bridgehead atoms. The lowest BCUT2D eigenvalue weighted by Crippen LogP contribution is -2.55. The van der Waals surface area contributed by atoms with Crippen LogP contribution >= 0.6 is 23.2 Å². The second kappa shape index (κ2) is 10.1. The van der Waals surface area contributed by atoms with Crippen LogP contribution in [0.15, 0.2) is 54.6 Å². The predicted molar refractivity (Wildman–Crippen MR) is 145 cm³/mol. The number of nitrogens with one attached hydrogen (secondary N) is 1. The molecule has 1 heterocycles. The maximum absolute atomic E-state index is 13.8. The lowest BCUT2D eigenvalue weighted by molar-refractivity contribution is -0.141. The van der Waals surface area contributed by atoms with Crippen molar-refractivity contribution in [3.63, 3.8) is 0 Å². The topological polar surface area (TPSA) is 69.7 Å². The van der Waals surface area contributed by atoms with E-state index in [1.54, 1.807) is 24.3 Å². The lowest BCUT2D eigenvalue weighted by atomic mass is 10.1. The van der Waals surface area contributed by atoms with Crippen LogP contribution in [0.1, 0.15) is 50.0 Å². The molecule has 8 heteroatoms. The van der Waals surface area contributed by atoms with Crippen LogP contribution in [0.25, 0.3) is 10.8 Å². The van der Waals surface area contributed by atoms with E-state index in [0.717, 1.165) is 16.3 Å². The molecule has 0 aromatic heterocycles. The molecule has 0 aliphatic carbocycles. The third-order valence-corrected chi connectivity index (χ3v) is 6.90. The zero-order chi connectivity index (χ0) is 26.2. The quantitative estimate of drug-likeness (QED) is 0.421. The fraction of sp³-hybridized carbons (Fsp3) is 0.321. The summed E-state index contributed by atoms with van der Waals surface area (Å²) in [6.07, 6.45) is 0.402. The van der Waals surface area contributed by atoms with Crippen LogP contribution in [0.4, 0.5) is 5.69 Å². The van der Waals surface area contributed by atoms with Crippen molar-refractivity contribution in [3.8, 4) is 0 Å². The Labute approximate surface area is 221 Å². The van der Waals surface area contributed by atoms with Gasteiger partial charge in [0, 0.05) is 23.0 Å². The SMILES string of the molecule is CC[C@H](C(=O)NC(C)(C)C)N(Cc1ccc(Cl)c(Cl)c1)C(=O)CN1C(=O)c2cccc3cccc1c23. The Morgan fingerprint density at radius 3 is 2.36 bits per heavy atom. The van der Waals surface area contributed by atoms with Gasteiger partial charge in [-0.25, -0.2) is 0 Å². The molecular formula is C28H29Cl2N3O3. The highest BCUT2D eigenvalue weighted by Crippen LogP contribution is 2.37. The summed E-state index contributed by atoms with van der Waals surface area (Å²) in [6.45, 7) is 7.49. The van der Waals surface area contributed by atoms with Gasteiger partial charge in [0.1, 0.15) is 12.6 Å². The van der Waals surface area contributed by atoms with Gasteiger partial charge in [0.15, 0.2) is 0 Å². The molecule has 6 nitrogen and oxygen atoms in total. The van der Waals surface area contributed by atoms with Gasteiger partial charge in [-0.3, -0.25) is 19.3 Å². The Balaban J connectivity index is 1.67. The van der Waals surface area contributed by atoms with Crippen molar-refractivity contribution in [1.82, 2.24) is 10.2 Å². The van der Waals surface area contributed by atoms with Crippen LogP contribution < -0.4 is 10.2 Å². The van der Waals surface area contributed by atoms with Crippen molar-refractivity contribution >= 4 is 57.4 Å². The van der Waals surface area contributed by atoms with E-state index < -0.39 is 11.6 Å². The van der Waals surface area contributed by atoms with E-state index in [4.69, 9.17) is 23.2 Å². The van der Waals surface area contributed by atoms with Gasteiger partial charge >= 0.3 is 0 Å². The maximum Gasteiger partial charge on any atom is 0.259 e. The molecule has 1 aliphatic heterocycles. The summed E-state index contributed by atoms with van der Waals surface area (Å²) in [7, 11) is 0. The average Bonchev–Trinajstić information content (AvgIpc) is 3.08. The fourth-order valence-electron chi connectivity index (χ4n) is 4.57. The third-order valence-electron chi connectivity index (χ3n) is 6.16. The number of hydrogen-bond acceptors (Lipinski definition) is 3. The molecule has 0 saturated heterocycles. The molecule has 188 valence electrons. The van der Waals surface area contributed by atoms with Gasteiger partial charge in [-0.15, -0.1) is 0 Å². The van der Waals surface area contributed by atoms with Crippen LogP contribution in [0.3, 0.4) is 0 Å². The largest absolute Gasteiger partial charge is 0.350 e. The zero-order valence-electron chi connectivity index (χ0n) is 20.8. The Hall–Kier alpha value is -3.09. The van der Waals surface area contributed by atoms with E-state index in [9.17, 15) is 14.4 Å².